The van der Waals surface area contributed by atoms with E-state index in [4.69, 9.17) is 5.73 Å². The zero-order valence-electron chi connectivity index (χ0n) is 8.79. The first kappa shape index (κ1) is 12.1. The minimum absolute atomic E-state index is 0.367. The van der Waals surface area contributed by atoms with Gasteiger partial charge in [0, 0.05) is 12.8 Å². The van der Waals surface area contributed by atoms with E-state index in [1.165, 1.54) is 10.9 Å². The van der Waals surface area contributed by atoms with Crippen LogP contribution in [0.1, 0.15) is 24.4 Å². The summed E-state index contributed by atoms with van der Waals surface area (Å²) in [4.78, 5) is 0. The number of tetrazole rings is 1. The molecule has 0 aromatic carbocycles. The van der Waals surface area contributed by atoms with Crippen LogP contribution >= 0.6 is 0 Å². The standard InChI is InChI=1S/C7H15N5O2S/c1-6(15(2,13)14)7-9-10-11-12(7)5-3-4-8/h6H,3-5,8H2,1-2H3. The maximum Gasteiger partial charge on any atom is 0.169 e. The van der Waals surface area contributed by atoms with Crippen LogP contribution in [0.15, 0.2) is 0 Å². The topological polar surface area (TPSA) is 104 Å². The Bertz CT molecular complexity index is 413. The molecule has 1 atom stereocenters. The van der Waals surface area contributed by atoms with E-state index in [9.17, 15) is 8.42 Å². The summed E-state index contributed by atoms with van der Waals surface area (Å²) in [5.41, 5.74) is 5.36. The van der Waals surface area contributed by atoms with Gasteiger partial charge in [-0.1, -0.05) is 0 Å². The number of hydrogen-bond acceptors (Lipinski definition) is 6. The molecule has 1 aromatic heterocycles. The number of sulfone groups is 1. The van der Waals surface area contributed by atoms with Crippen LogP contribution < -0.4 is 5.73 Å². The van der Waals surface area contributed by atoms with Crippen LogP contribution in [-0.4, -0.2) is 41.4 Å². The highest BCUT2D eigenvalue weighted by Gasteiger charge is 2.23. The molecule has 7 nitrogen and oxygen atoms in total. The van der Waals surface area contributed by atoms with E-state index in [1.54, 1.807) is 6.92 Å². The Morgan fingerprint density at radius 3 is 2.73 bits per heavy atom. The number of nitrogens with zero attached hydrogens (tertiary/aromatic N) is 4. The molecule has 1 aromatic rings. The lowest BCUT2D eigenvalue weighted by atomic mass is 10.4. The van der Waals surface area contributed by atoms with Gasteiger partial charge in [0.1, 0.15) is 5.25 Å². The van der Waals surface area contributed by atoms with E-state index in [0.717, 1.165) is 0 Å². The van der Waals surface area contributed by atoms with Gasteiger partial charge in [-0.25, -0.2) is 13.1 Å². The van der Waals surface area contributed by atoms with Gasteiger partial charge in [0.2, 0.25) is 0 Å². The smallest absolute Gasteiger partial charge is 0.169 e. The number of hydrogen-bond donors (Lipinski definition) is 1. The molecule has 2 N–H and O–H groups in total. The molecule has 8 heteroatoms. The molecule has 86 valence electrons. The molecule has 1 unspecified atom stereocenters. The quantitative estimate of drug-likeness (QED) is 0.708. The summed E-state index contributed by atoms with van der Waals surface area (Å²) in [5.74, 6) is 0.367. The summed E-state index contributed by atoms with van der Waals surface area (Å²) >= 11 is 0. The summed E-state index contributed by atoms with van der Waals surface area (Å²) in [7, 11) is -3.17. The van der Waals surface area contributed by atoms with E-state index in [-0.39, 0.29) is 0 Å². The second-order valence-electron chi connectivity index (χ2n) is 3.37. The Kier molecular flexibility index (Phi) is 3.75. The van der Waals surface area contributed by atoms with Crippen LogP contribution in [-0.2, 0) is 16.4 Å². The lowest BCUT2D eigenvalue weighted by Crippen LogP contribution is -2.16. The molecule has 15 heavy (non-hydrogen) atoms. The zero-order chi connectivity index (χ0) is 11.5. The minimum Gasteiger partial charge on any atom is -0.330 e. The normalized spacial score (nSPS) is 14.1. The minimum atomic E-state index is -3.17. The van der Waals surface area contributed by atoms with Gasteiger partial charge in [0.05, 0.1) is 0 Å². The highest BCUT2D eigenvalue weighted by atomic mass is 32.2. The van der Waals surface area contributed by atoms with E-state index >= 15 is 0 Å². The van der Waals surface area contributed by atoms with Gasteiger partial charge >= 0.3 is 0 Å². The lowest BCUT2D eigenvalue weighted by molar-refractivity contribution is 0.533. The van der Waals surface area contributed by atoms with Crippen LogP contribution in [0, 0.1) is 0 Å². The second kappa shape index (κ2) is 4.67. The zero-order valence-corrected chi connectivity index (χ0v) is 9.61. The third-order valence-corrected chi connectivity index (χ3v) is 3.63. The Balaban J connectivity index is 2.90. The predicted molar refractivity (Wildman–Crippen MR) is 54.7 cm³/mol. The molecule has 0 bridgehead atoms. The molecule has 0 radical (unpaired) electrons. The van der Waals surface area contributed by atoms with Crippen molar-refractivity contribution in [1.29, 1.82) is 0 Å². The maximum atomic E-state index is 11.3. The van der Waals surface area contributed by atoms with Crippen LogP contribution in [0.25, 0.3) is 0 Å². The summed E-state index contributed by atoms with van der Waals surface area (Å²) in [6.07, 6.45) is 1.88. The first-order chi connectivity index (χ1) is 6.96. The maximum absolute atomic E-state index is 11.3. The first-order valence-corrected chi connectivity index (χ1v) is 6.57. The average Bonchev–Trinajstić information content (AvgIpc) is 2.59. The Hall–Kier alpha value is -1.02. The molecular formula is C7H15N5O2S. The molecule has 0 saturated heterocycles. The van der Waals surface area contributed by atoms with E-state index in [2.05, 4.69) is 15.5 Å². The Labute approximate surface area is 88.6 Å². The van der Waals surface area contributed by atoms with Gasteiger partial charge < -0.3 is 5.73 Å². The Morgan fingerprint density at radius 1 is 1.53 bits per heavy atom. The third-order valence-electron chi connectivity index (χ3n) is 2.14. The largest absolute Gasteiger partial charge is 0.330 e. The van der Waals surface area contributed by atoms with Crippen molar-refractivity contribution < 1.29 is 8.42 Å². The number of aromatic nitrogens is 4. The van der Waals surface area contributed by atoms with E-state index in [0.29, 0.717) is 25.3 Å². The van der Waals surface area contributed by atoms with Gasteiger partial charge in [-0.15, -0.1) is 5.10 Å². The summed E-state index contributed by atoms with van der Waals surface area (Å²) in [5, 5.41) is 10.2. The fourth-order valence-electron chi connectivity index (χ4n) is 1.09. The Morgan fingerprint density at radius 2 is 2.20 bits per heavy atom. The molecule has 0 aliphatic carbocycles. The molecule has 0 fully saturated rings. The van der Waals surface area contributed by atoms with Crippen LogP contribution in [0.5, 0.6) is 0 Å². The molecular weight excluding hydrogens is 218 g/mol. The highest BCUT2D eigenvalue weighted by Crippen LogP contribution is 2.17. The summed E-state index contributed by atoms with van der Waals surface area (Å²) < 4.78 is 24.1. The van der Waals surface area contributed by atoms with Crippen molar-refractivity contribution >= 4 is 9.84 Å². The second-order valence-corrected chi connectivity index (χ2v) is 5.74. The molecule has 0 saturated carbocycles. The molecule has 1 rings (SSSR count). The predicted octanol–water partition coefficient (Wildman–Crippen LogP) is -0.872. The average molecular weight is 233 g/mol. The molecule has 0 amide bonds. The van der Waals surface area contributed by atoms with Crippen molar-refractivity contribution in [2.45, 2.75) is 25.1 Å². The molecule has 1 heterocycles. The van der Waals surface area contributed by atoms with Crippen molar-refractivity contribution in [3.8, 4) is 0 Å². The molecule has 0 aliphatic heterocycles. The fraction of sp³-hybridized carbons (Fsp3) is 0.857. The van der Waals surface area contributed by atoms with Crippen molar-refractivity contribution in [3.05, 3.63) is 5.82 Å². The van der Waals surface area contributed by atoms with Gasteiger partial charge in [0.15, 0.2) is 15.7 Å². The monoisotopic (exact) mass is 233 g/mol. The third kappa shape index (κ3) is 2.96. The first-order valence-electron chi connectivity index (χ1n) is 4.61. The van der Waals surface area contributed by atoms with Gasteiger partial charge in [-0.05, 0) is 30.3 Å². The van der Waals surface area contributed by atoms with Crippen LogP contribution in [0.4, 0.5) is 0 Å². The van der Waals surface area contributed by atoms with Crippen LogP contribution in [0.3, 0.4) is 0 Å². The molecule has 0 aliphatic rings. The van der Waals surface area contributed by atoms with Crippen molar-refractivity contribution in [2.24, 2.45) is 5.73 Å². The molecule has 0 spiro atoms. The number of rotatable bonds is 5. The summed E-state index contributed by atoms with van der Waals surface area (Å²) in [6, 6.07) is 0. The summed E-state index contributed by atoms with van der Waals surface area (Å²) in [6.45, 7) is 2.63. The van der Waals surface area contributed by atoms with Crippen LogP contribution in [0.2, 0.25) is 0 Å². The van der Waals surface area contributed by atoms with Gasteiger partial charge in [-0.3, -0.25) is 0 Å². The fourth-order valence-corrected chi connectivity index (χ4v) is 1.65. The lowest BCUT2D eigenvalue weighted by Gasteiger charge is -2.08. The number of aryl methyl sites for hydroxylation is 1. The van der Waals surface area contributed by atoms with E-state index in [1.807, 2.05) is 0 Å². The van der Waals surface area contributed by atoms with Crippen molar-refractivity contribution in [3.63, 3.8) is 0 Å². The number of nitrogens with two attached hydrogens (primary N) is 1. The van der Waals surface area contributed by atoms with Gasteiger partial charge in [-0.2, -0.15) is 0 Å². The van der Waals surface area contributed by atoms with E-state index < -0.39 is 15.1 Å². The highest BCUT2D eigenvalue weighted by molar-refractivity contribution is 7.90. The van der Waals surface area contributed by atoms with Gasteiger partial charge in [0.25, 0.3) is 0 Å². The van der Waals surface area contributed by atoms with Crippen molar-refractivity contribution in [1.82, 2.24) is 20.2 Å². The SMILES string of the molecule is CC(c1nnnn1CCCN)S(C)(=O)=O. The van der Waals surface area contributed by atoms with Crippen molar-refractivity contribution in [2.75, 3.05) is 12.8 Å².